The summed E-state index contributed by atoms with van der Waals surface area (Å²) in [6.07, 6.45) is -0.0616. The van der Waals surface area contributed by atoms with Gasteiger partial charge in [0.2, 0.25) is 10.5 Å². The third kappa shape index (κ3) is 3.13. The van der Waals surface area contributed by atoms with Crippen LogP contribution in [0.2, 0.25) is 0 Å². The van der Waals surface area contributed by atoms with E-state index in [2.05, 4.69) is 0 Å². The van der Waals surface area contributed by atoms with Crippen LogP contribution in [0.25, 0.3) is 0 Å². The Kier molecular flexibility index (Phi) is 4.11. The molecule has 0 aliphatic carbocycles. The second kappa shape index (κ2) is 5.13. The van der Waals surface area contributed by atoms with Crippen LogP contribution in [0.1, 0.15) is 17.9 Å². The summed E-state index contributed by atoms with van der Waals surface area (Å²) in [7, 11) is 0. The number of carbonyl (C=O) groups is 2. The highest BCUT2D eigenvalue weighted by Crippen LogP contribution is 2.23. The van der Waals surface area contributed by atoms with E-state index in [1.807, 2.05) is 6.07 Å². The molecule has 0 bridgehead atoms. The average molecular weight is 231 g/mol. The van der Waals surface area contributed by atoms with Gasteiger partial charge in [-0.2, -0.15) is 0 Å². The van der Waals surface area contributed by atoms with Crippen LogP contribution in [0.5, 0.6) is 0 Å². The second-order valence-corrected chi connectivity index (χ2v) is 3.62. The van der Waals surface area contributed by atoms with Gasteiger partial charge in [-0.1, -0.05) is 30.3 Å². The Morgan fingerprint density at radius 3 is 2.14 bits per heavy atom. The zero-order chi connectivity index (χ0) is 10.6. The van der Waals surface area contributed by atoms with Gasteiger partial charge in [0.1, 0.15) is 0 Å². The van der Waals surface area contributed by atoms with Crippen molar-refractivity contribution in [2.75, 3.05) is 0 Å². The summed E-state index contributed by atoms with van der Waals surface area (Å²) in [6, 6.07) is 8.86. The topological polar surface area (TPSA) is 34.1 Å². The third-order valence-corrected chi connectivity index (χ3v) is 2.26. The molecule has 0 amide bonds. The molecule has 0 N–H and O–H groups in total. The van der Waals surface area contributed by atoms with Gasteiger partial charge in [0.25, 0.3) is 0 Å². The lowest BCUT2D eigenvalue weighted by molar-refractivity contribution is -0.117. The summed E-state index contributed by atoms with van der Waals surface area (Å²) in [6.45, 7) is 0. The zero-order valence-corrected chi connectivity index (χ0v) is 8.76. The number of hydrogen-bond acceptors (Lipinski definition) is 2. The Morgan fingerprint density at radius 1 is 1.14 bits per heavy atom. The molecular formula is C10H8Cl2O2. The highest BCUT2D eigenvalue weighted by Gasteiger charge is 2.20. The third-order valence-electron chi connectivity index (χ3n) is 1.84. The van der Waals surface area contributed by atoms with Crippen LogP contribution in [0.15, 0.2) is 30.3 Å². The lowest BCUT2D eigenvalue weighted by Gasteiger charge is -2.09. The van der Waals surface area contributed by atoms with Crippen molar-refractivity contribution in [2.24, 2.45) is 0 Å². The van der Waals surface area contributed by atoms with Crippen LogP contribution in [0, 0.1) is 0 Å². The maximum absolute atomic E-state index is 11.0. The van der Waals surface area contributed by atoms with E-state index in [1.54, 1.807) is 24.3 Å². The zero-order valence-electron chi connectivity index (χ0n) is 7.24. The predicted octanol–water partition coefficient (Wildman–Crippen LogP) is 2.69. The lowest BCUT2D eigenvalue weighted by Crippen LogP contribution is -2.09. The number of hydrogen-bond donors (Lipinski definition) is 0. The standard InChI is InChI=1S/C10H8Cl2O2/c11-9(13)6-8(10(12)14)7-4-2-1-3-5-7/h1-5,8H,6H2. The first-order chi connectivity index (χ1) is 6.61. The van der Waals surface area contributed by atoms with Crippen LogP contribution >= 0.6 is 23.2 Å². The molecule has 4 heteroatoms. The van der Waals surface area contributed by atoms with Crippen LogP contribution in [-0.4, -0.2) is 10.5 Å². The monoisotopic (exact) mass is 230 g/mol. The molecule has 14 heavy (non-hydrogen) atoms. The van der Waals surface area contributed by atoms with Crippen LogP contribution in [-0.2, 0) is 9.59 Å². The van der Waals surface area contributed by atoms with E-state index in [0.29, 0.717) is 5.56 Å². The van der Waals surface area contributed by atoms with E-state index in [4.69, 9.17) is 23.2 Å². The Balaban J connectivity index is 2.89. The first kappa shape index (κ1) is 11.2. The molecule has 0 spiro atoms. The fraction of sp³-hybridized carbons (Fsp3) is 0.200. The fourth-order valence-electron chi connectivity index (χ4n) is 1.17. The summed E-state index contributed by atoms with van der Waals surface area (Å²) in [4.78, 5) is 21.7. The molecule has 1 rings (SSSR count). The number of carbonyl (C=O) groups excluding carboxylic acids is 2. The van der Waals surface area contributed by atoms with Crippen LogP contribution < -0.4 is 0 Å². The minimum atomic E-state index is -0.636. The molecule has 0 saturated heterocycles. The molecule has 0 aromatic heterocycles. The molecule has 2 nitrogen and oxygen atoms in total. The quantitative estimate of drug-likeness (QED) is 0.746. The molecule has 0 radical (unpaired) electrons. The Bertz CT molecular complexity index is 335. The molecule has 0 aliphatic heterocycles. The van der Waals surface area contributed by atoms with E-state index in [-0.39, 0.29) is 6.42 Å². The minimum absolute atomic E-state index is 0.0616. The molecule has 1 atom stereocenters. The summed E-state index contributed by atoms with van der Waals surface area (Å²) < 4.78 is 0. The number of halogens is 2. The van der Waals surface area contributed by atoms with Crippen molar-refractivity contribution in [3.8, 4) is 0 Å². The van der Waals surface area contributed by atoms with Gasteiger partial charge in [0, 0.05) is 6.42 Å². The van der Waals surface area contributed by atoms with Gasteiger partial charge >= 0.3 is 0 Å². The minimum Gasteiger partial charge on any atom is -0.281 e. The summed E-state index contributed by atoms with van der Waals surface area (Å²) >= 11 is 10.6. The normalized spacial score (nSPS) is 12.1. The van der Waals surface area contributed by atoms with Gasteiger partial charge in [-0.25, -0.2) is 0 Å². The van der Waals surface area contributed by atoms with Gasteiger partial charge in [-0.05, 0) is 28.8 Å². The van der Waals surface area contributed by atoms with Crippen molar-refractivity contribution in [3.63, 3.8) is 0 Å². The van der Waals surface area contributed by atoms with Crippen LogP contribution in [0.3, 0.4) is 0 Å². The van der Waals surface area contributed by atoms with Crippen LogP contribution in [0.4, 0.5) is 0 Å². The maximum atomic E-state index is 11.0. The summed E-state index contributed by atoms with van der Waals surface area (Å²) in [5.74, 6) is -0.636. The largest absolute Gasteiger partial charge is 0.281 e. The van der Waals surface area contributed by atoms with Gasteiger partial charge in [0.15, 0.2) is 0 Å². The first-order valence-electron chi connectivity index (χ1n) is 4.04. The Morgan fingerprint density at radius 2 is 1.71 bits per heavy atom. The van der Waals surface area contributed by atoms with Crippen molar-refractivity contribution in [1.29, 1.82) is 0 Å². The molecule has 0 heterocycles. The molecule has 1 aromatic rings. The van der Waals surface area contributed by atoms with Gasteiger partial charge in [-0.15, -0.1) is 0 Å². The van der Waals surface area contributed by atoms with E-state index in [0.717, 1.165) is 0 Å². The average Bonchev–Trinajstić information content (AvgIpc) is 2.15. The lowest BCUT2D eigenvalue weighted by atomic mass is 9.98. The molecule has 74 valence electrons. The fourth-order valence-corrected chi connectivity index (χ4v) is 1.53. The van der Waals surface area contributed by atoms with E-state index < -0.39 is 16.4 Å². The Labute approximate surface area is 91.8 Å². The summed E-state index contributed by atoms with van der Waals surface area (Å²) in [5.41, 5.74) is 0.710. The highest BCUT2D eigenvalue weighted by molar-refractivity contribution is 6.67. The van der Waals surface area contributed by atoms with E-state index in [9.17, 15) is 9.59 Å². The van der Waals surface area contributed by atoms with Crippen molar-refractivity contribution >= 4 is 33.7 Å². The number of rotatable bonds is 4. The van der Waals surface area contributed by atoms with Crippen molar-refractivity contribution in [3.05, 3.63) is 35.9 Å². The van der Waals surface area contributed by atoms with E-state index in [1.165, 1.54) is 0 Å². The molecule has 0 aliphatic rings. The molecule has 0 saturated carbocycles. The van der Waals surface area contributed by atoms with Crippen molar-refractivity contribution in [1.82, 2.24) is 0 Å². The second-order valence-electron chi connectivity index (χ2n) is 2.83. The first-order valence-corrected chi connectivity index (χ1v) is 4.79. The van der Waals surface area contributed by atoms with E-state index >= 15 is 0 Å². The smallest absolute Gasteiger partial charge is 0.229 e. The highest BCUT2D eigenvalue weighted by atomic mass is 35.5. The van der Waals surface area contributed by atoms with Gasteiger partial charge < -0.3 is 0 Å². The van der Waals surface area contributed by atoms with Crippen molar-refractivity contribution < 1.29 is 9.59 Å². The maximum Gasteiger partial charge on any atom is 0.229 e. The summed E-state index contributed by atoms with van der Waals surface area (Å²) in [5, 5.41) is -1.13. The molecule has 0 fully saturated rings. The van der Waals surface area contributed by atoms with Crippen molar-refractivity contribution in [2.45, 2.75) is 12.3 Å². The molecule has 1 unspecified atom stereocenters. The molecule has 1 aromatic carbocycles. The molecular weight excluding hydrogens is 223 g/mol. The Hall–Kier alpha value is -0.860. The van der Waals surface area contributed by atoms with Gasteiger partial charge in [-0.3, -0.25) is 9.59 Å². The predicted molar refractivity (Wildman–Crippen MR) is 55.5 cm³/mol. The number of benzene rings is 1. The SMILES string of the molecule is O=C(Cl)CC(C(=O)Cl)c1ccccc1. The van der Waals surface area contributed by atoms with Gasteiger partial charge in [0.05, 0.1) is 5.92 Å².